The summed E-state index contributed by atoms with van der Waals surface area (Å²) in [5.74, 6) is 0. The third-order valence-corrected chi connectivity index (χ3v) is 2.46. The molecule has 16 heavy (non-hydrogen) atoms. The van der Waals surface area contributed by atoms with Crippen molar-refractivity contribution in [3.63, 3.8) is 0 Å². The molecule has 0 radical (unpaired) electrons. The number of hydrogen-bond acceptors (Lipinski definition) is 4. The largest absolute Gasteiger partial charge is 0.441 e. The number of carbonyl (C=O) groups excluding carboxylic acids is 1. The molecule has 0 spiro atoms. The van der Waals surface area contributed by atoms with Crippen LogP contribution < -0.4 is 5.73 Å². The fraction of sp³-hybridized carbons (Fsp3) is 0.222. The van der Waals surface area contributed by atoms with Crippen molar-refractivity contribution in [3.05, 3.63) is 39.9 Å². The molecule has 0 saturated carbocycles. The SMILES string of the molecule is NC(=O)OC(CBr)c1ccc([N+](=O)[O-])cc1. The summed E-state index contributed by atoms with van der Waals surface area (Å²) < 4.78 is 4.81. The summed E-state index contributed by atoms with van der Waals surface area (Å²) in [5.41, 5.74) is 5.52. The first-order valence-corrected chi connectivity index (χ1v) is 5.43. The lowest BCUT2D eigenvalue weighted by atomic mass is 10.1. The van der Waals surface area contributed by atoms with E-state index in [2.05, 4.69) is 15.9 Å². The van der Waals surface area contributed by atoms with Gasteiger partial charge in [-0.1, -0.05) is 15.9 Å². The number of amides is 1. The minimum atomic E-state index is -0.886. The smallest absolute Gasteiger partial charge is 0.405 e. The van der Waals surface area contributed by atoms with Crippen molar-refractivity contribution in [2.45, 2.75) is 6.10 Å². The molecule has 0 aromatic heterocycles. The van der Waals surface area contributed by atoms with Crippen molar-refractivity contribution in [2.75, 3.05) is 5.33 Å². The van der Waals surface area contributed by atoms with Crippen molar-refractivity contribution in [3.8, 4) is 0 Å². The quantitative estimate of drug-likeness (QED) is 0.521. The van der Waals surface area contributed by atoms with Crippen LogP contribution in [0.15, 0.2) is 24.3 Å². The molecule has 1 aromatic rings. The van der Waals surface area contributed by atoms with Gasteiger partial charge in [0.1, 0.15) is 6.10 Å². The Kier molecular flexibility index (Phi) is 4.24. The molecule has 0 heterocycles. The van der Waals surface area contributed by atoms with Crippen LogP contribution in [0.1, 0.15) is 11.7 Å². The van der Waals surface area contributed by atoms with E-state index in [4.69, 9.17) is 10.5 Å². The molecule has 1 aromatic carbocycles. The summed E-state index contributed by atoms with van der Waals surface area (Å²) in [6.45, 7) is 0. The van der Waals surface area contributed by atoms with Gasteiger partial charge in [0.15, 0.2) is 0 Å². The average Bonchev–Trinajstić information content (AvgIpc) is 2.25. The molecule has 0 bridgehead atoms. The van der Waals surface area contributed by atoms with Crippen molar-refractivity contribution < 1.29 is 14.5 Å². The fourth-order valence-electron chi connectivity index (χ4n) is 1.14. The van der Waals surface area contributed by atoms with Crippen molar-refractivity contribution in [2.24, 2.45) is 5.73 Å². The lowest BCUT2D eigenvalue weighted by Crippen LogP contribution is -2.18. The molecule has 0 fully saturated rings. The molecule has 1 rings (SSSR count). The molecule has 0 saturated heterocycles. The summed E-state index contributed by atoms with van der Waals surface area (Å²) in [6.07, 6.45) is -1.43. The molecule has 7 heteroatoms. The Morgan fingerprint density at radius 3 is 2.44 bits per heavy atom. The van der Waals surface area contributed by atoms with Crippen LogP contribution in [-0.2, 0) is 4.74 Å². The van der Waals surface area contributed by atoms with Crippen LogP contribution in [-0.4, -0.2) is 16.3 Å². The van der Waals surface area contributed by atoms with Crippen LogP contribution >= 0.6 is 15.9 Å². The van der Waals surface area contributed by atoms with Gasteiger partial charge in [0.25, 0.3) is 5.69 Å². The fourth-order valence-corrected chi connectivity index (χ4v) is 1.65. The van der Waals surface area contributed by atoms with Gasteiger partial charge in [-0.2, -0.15) is 0 Å². The second-order valence-electron chi connectivity index (χ2n) is 2.93. The van der Waals surface area contributed by atoms with Crippen LogP contribution in [0.4, 0.5) is 10.5 Å². The number of halogens is 1. The normalized spacial score (nSPS) is 11.8. The van der Waals surface area contributed by atoms with Gasteiger partial charge >= 0.3 is 6.09 Å². The summed E-state index contributed by atoms with van der Waals surface area (Å²) in [7, 11) is 0. The Labute approximate surface area is 99.7 Å². The minimum Gasteiger partial charge on any atom is -0.441 e. The number of nitrogens with two attached hydrogens (primary N) is 1. The number of hydrogen-bond donors (Lipinski definition) is 1. The van der Waals surface area contributed by atoms with Gasteiger partial charge in [0, 0.05) is 17.5 Å². The predicted octanol–water partition coefficient (Wildman–Crippen LogP) is 2.13. The van der Waals surface area contributed by atoms with E-state index in [9.17, 15) is 14.9 Å². The third-order valence-electron chi connectivity index (χ3n) is 1.87. The number of nitro benzene ring substituents is 1. The molecule has 1 atom stereocenters. The molecular formula is C9H9BrN2O4. The van der Waals surface area contributed by atoms with E-state index in [0.29, 0.717) is 10.9 Å². The van der Waals surface area contributed by atoms with Gasteiger partial charge in [-0.05, 0) is 17.7 Å². The highest BCUT2D eigenvalue weighted by Gasteiger charge is 2.15. The van der Waals surface area contributed by atoms with Gasteiger partial charge in [-0.25, -0.2) is 4.79 Å². The zero-order valence-electron chi connectivity index (χ0n) is 8.13. The van der Waals surface area contributed by atoms with Crippen LogP contribution in [0.5, 0.6) is 0 Å². The summed E-state index contributed by atoms with van der Waals surface area (Å²) >= 11 is 3.16. The van der Waals surface area contributed by atoms with Gasteiger partial charge in [0.2, 0.25) is 0 Å². The van der Waals surface area contributed by atoms with Gasteiger partial charge in [0.05, 0.1) is 4.92 Å². The van der Waals surface area contributed by atoms with Gasteiger partial charge < -0.3 is 10.5 Å². The number of nitro groups is 1. The van der Waals surface area contributed by atoms with Gasteiger partial charge in [-0.3, -0.25) is 10.1 Å². The number of nitrogens with zero attached hydrogens (tertiary/aromatic N) is 1. The van der Waals surface area contributed by atoms with Crippen LogP contribution in [0.3, 0.4) is 0 Å². The second kappa shape index (κ2) is 5.45. The summed E-state index contributed by atoms with van der Waals surface area (Å²) in [5, 5.41) is 10.8. The highest BCUT2D eigenvalue weighted by molar-refractivity contribution is 9.09. The van der Waals surface area contributed by atoms with Crippen molar-refractivity contribution in [1.82, 2.24) is 0 Å². The van der Waals surface area contributed by atoms with E-state index >= 15 is 0 Å². The Balaban J connectivity index is 2.86. The van der Waals surface area contributed by atoms with Crippen molar-refractivity contribution >= 4 is 27.7 Å². The Hall–Kier alpha value is -1.63. The maximum Gasteiger partial charge on any atom is 0.405 e. The highest BCUT2D eigenvalue weighted by atomic mass is 79.9. The Morgan fingerprint density at radius 1 is 1.50 bits per heavy atom. The van der Waals surface area contributed by atoms with Crippen LogP contribution in [0.2, 0.25) is 0 Å². The average molecular weight is 289 g/mol. The van der Waals surface area contributed by atoms with Crippen LogP contribution in [0.25, 0.3) is 0 Å². The lowest BCUT2D eigenvalue weighted by molar-refractivity contribution is -0.384. The zero-order valence-corrected chi connectivity index (χ0v) is 9.72. The van der Waals surface area contributed by atoms with E-state index in [1.54, 1.807) is 0 Å². The number of rotatable bonds is 4. The highest BCUT2D eigenvalue weighted by Crippen LogP contribution is 2.22. The monoisotopic (exact) mass is 288 g/mol. The molecule has 2 N–H and O–H groups in total. The van der Waals surface area contributed by atoms with E-state index in [1.807, 2.05) is 0 Å². The molecular weight excluding hydrogens is 280 g/mol. The Morgan fingerprint density at radius 2 is 2.06 bits per heavy atom. The topological polar surface area (TPSA) is 95.5 Å². The number of ether oxygens (including phenoxy) is 1. The number of benzene rings is 1. The first-order chi connectivity index (χ1) is 7.54. The number of carbonyl (C=O) groups is 1. The molecule has 0 aliphatic heterocycles. The molecule has 6 nitrogen and oxygen atoms in total. The maximum absolute atomic E-state index is 10.6. The molecule has 1 amide bonds. The Bertz CT molecular complexity index is 393. The second-order valence-corrected chi connectivity index (χ2v) is 3.58. The zero-order chi connectivity index (χ0) is 12.1. The van der Waals surface area contributed by atoms with Crippen LogP contribution in [0, 0.1) is 10.1 Å². The predicted molar refractivity (Wildman–Crippen MR) is 60.3 cm³/mol. The third kappa shape index (κ3) is 3.20. The summed E-state index contributed by atoms with van der Waals surface area (Å²) in [4.78, 5) is 20.5. The molecule has 1 unspecified atom stereocenters. The minimum absolute atomic E-state index is 0.0175. The number of primary amides is 1. The van der Waals surface area contributed by atoms with E-state index in [0.717, 1.165) is 0 Å². The molecule has 0 aliphatic rings. The van der Waals surface area contributed by atoms with Gasteiger partial charge in [-0.15, -0.1) is 0 Å². The van der Waals surface area contributed by atoms with Crippen molar-refractivity contribution in [1.29, 1.82) is 0 Å². The first kappa shape index (κ1) is 12.4. The summed E-state index contributed by atoms with van der Waals surface area (Å²) in [6, 6.07) is 5.73. The number of non-ortho nitro benzene ring substituents is 1. The van der Waals surface area contributed by atoms with E-state index in [-0.39, 0.29) is 5.69 Å². The van der Waals surface area contributed by atoms with E-state index < -0.39 is 17.1 Å². The molecule has 86 valence electrons. The standard InChI is InChI=1S/C9H9BrN2O4/c10-5-8(16-9(11)13)6-1-3-7(4-2-6)12(14)15/h1-4,8H,5H2,(H2,11,13). The molecule has 0 aliphatic carbocycles. The van der Waals surface area contributed by atoms with E-state index in [1.165, 1.54) is 24.3 Å². The number of alkyl halides is 1. The lowest BCUT2D eigenvalue weighted by Gasteiger charge is -2.13. The maximum atomic E-state index is 10.6. The first-order valence-electron chi connectivity index (χ1n) is 4.31.